The summed E-state index contributed by atoms with van der Waals surface area (Å²) in [4.78, 5) is 0. The molecule has 0 aliphatic rings. The summed E-state index contributed by atoms with van der Waals surface area (Å²) in [6, 6.07) is 7.54. The lowest BCUT2D eigenvalue weighted by Crippen LogP contribution is -1.92. The Morgan fingerprint density at radius 1 is 1.45 bits per heavy atom. The van der Waals surface area contributed by atoms with Crippen LogP contribution in [0.25, 0.3) is 0 Å². The van der Waals surface area contributed by atoms with Gasteiger partial charge in [-0.15, -0.1) is 0 Å². The molecule has 58 valence electrons. The fourth-order valence-electron chi connectivity index (χ4n) is 0.838. The third-order valence-corrected chi connectivity index (χ3v) is 2.19. The molecule has 0 N–H and O–H groups in total. The van der Waals surface area contributed by atoms with Gasteiger partial charge in [-0.25, -0.2) is 4.21 Å². The maximum atomic E-state index is 10.3. The molecule has 0 amide bonds. The largest absolute Gasteiger partial charge is 0.211 e. The molecular formula is C8H7ClOS. The number of rotatable bonds is 1. The van der Waals surface area contributed by atoms with Crippen molar-refractivity contribution in [3.05, 3.63) is 35.4 Å². The fraction of sp³-hybridized carbons (Fsp3) is 0.125. The van der Waals surface area contributed by atoms with Gasteiger partial charge in [0.25, 0.3) is 0 Å². The van der Waals surface area contributed by atoms with Gasteiger partial charge in [-0.1, -0.05) is 35.9 Å². The Labute approximate surface area is 74.1 Å². The van der Waals surface area contributed by atoms with Gasteiger partial charge in [-0.3, -0.25) is 0 Å². The Balaban J connectivity index is 3.24. The first-order valence-corrected chi connectivity index (χ1v) is 4.26. The maximum absolute atomic E-state index is 10.3. The highest BCUT2D eigenvalue weighted by molar-refractivity contribution is 7.70. The highest BCUT2D eigenvalue weighted by atomic mass is 35.5. The average Bonchev–Trinajstić information content (AvgIpc) is 2.04. The van der Waals surface area contributed by atoms with E-state index in [1.54, 1.807) is 0 Å². The zero-order chi connectivity index (χ0) is 8.27. The second kappa shape index (κ2) is 3.69. The molecular weight excluding hydrogens is 180 g/mol. The Bertz CT molecular complexity index is 316. The summed E-state index contributed by atoms with van der Waals surface area (Å²) in [5, 5.41) is 0. The lowest BCUT2D eigenvalue weighted by atomic mass is 10.1. The average molecular weight is 187 g/mol. The van der Waals surface area contributed by atoms with E-state index >= 15 is 0 Å². The first kappa shape index (κ1) is 8.50. The van der Waals surface area contributed by atoms with E-state index in [0.29, 0.717) is 15.6 Å². The summed E-state index contributed by atoms with van der Waals surface area (Å²) < 4.78 is 10.6. The molecule has 1 aromatic rings. The van der Waals surface area contributed by atoms with Crippen LogP contribution in [0.5, 0.6) is 0 Å². The lowest BCUT2D eigenvalue weighted by Gasteiger charge is -1.98. The Kier molecular flexibility index (Phi) is 2.85. The smallest absolute Gasteiger partial charge is 0.141 e. The van der Waals surface area contributed by atoms with Crippen molar-refractivity contribution in [3.8, 4) is 0 Å². The second-order valence-corrected chi connectivity index (χ2v) is 3.35. The van der Waals surface area contributed by atoms with Crippen LogP contribution in [0.15, 0.2) is 24.3 Å². The van der Waals surface area contributed by atoms with Crippen LogP contribution >= 0.6 is 11.6 Å². The molecule has 0 heterocycles. The number of aryl methyl sites for hydroxylation is 1. The molecule has 1 rings (SSSR count). The molecule has 0 saturated carbocycles. The normalized spacial score (nSPS) is 9.27. The zero-order valence-electron chi connectivity index (χ0n) is 6.00. The number of hydrogen-bond acceptors (Lipinski definition) is 1. The third kappa shape index (κ3) is 1.91. The van der Waals surface area contributed by atoms with Crippen molar-refractivity contribution in [1.29, 1.82) is 0 Å². The summed E-state index contributed by atoms with van der Waals surface area (Å²) in [6.45, 7) is 1.92. The molecule has 0 aliphatic carbocycles. The van der Waals surface area contributed by atoms with Gasteiger partial charge >= 0.3 is 0 Å². The SMILES string of the molecule is Cc1ccccc1C(Cl)=S=O. The van der Waals surface area contributed by atoms with Gasteiger partial charge in [0.2, 0.25) is 0 Å². The van der Waals surface area contributed by atoms with Crippen LogP contribution in [0.1, 0.15) is 11.1 Å². The van der Waals surface area contributed by atoms with E-state index in [1.165, 1.54) is 0 Å². The minimum Gasteiger partial charge on any atom is -0.211 e. The molecule has 0 aromatic heterocycles. The van der Waals surface area contributed by atoms with Gasteiger partial charge in [-0.2, -0.15) is 0 Å². The molecule has 0 unspecified atom stereocenters. The lowest BCUT2D eigenvalue weighted by molar-refractivity contribution is 0.701. The van der Waals surface area contributed by atoms with Gasteiger partial charge in [-0.05, 0) is 12.5 Å². The summed E-state index contributed by atoms with van der Waals surface area (Å²) in [5.74, 6) is 0. The van der Waals surface area contributed by atoms with E-state index < -0.39 is 0 Å². The van der Waals surface area contributed by atoms with Crippen molar-refractivity contribution in [2.45, 2.75) is 6.92 Å². The molecule has 11 heavy (non-hydrogen) atoms. The Hall–Kier alpha value is -0.600. The van der Waals surface area contributed by atoms with Gasteiger partial charge in [0.05, 0.1) is 0 Å². The van der Waals surface area contributed by atoms with Crippen molar-refractivity contribution in [1.82, 2.24) is 0 Å². The maximum Gasteiger partial charge on any atom is 0.141 e. The molecule has 0 fully saturated rings. The summed E-state index contributed by atoms with van der Waals surface area (Å²) in [5.41, 5.74) is 1.86. The molecule has 0 radical (unpaired) electrons. The van der Waals surface area contributed by atoms with E-state index in [4.69, 9.17) is 11.6 Å². The molecule has 0 atom stereocenters. The second-order valence-electron chi connectivity index (χ2n) is 2.17. The molecule has 3 heteroatoms. The van der Waals surface area contributed by atoms with Crippen LogP contribution in [-0.2, 0) is 11.3 Å². The zero-order valence-corrected chi connectivity index (χ0v) is 7.58. The van der Waals surface area contributed by atoms with Crippen LogP contribution in [0.4, 0.5) is 0 Å². The highest BCUT2D eigenvalue weighted by Gasteiger charge is 2.00. The first-order valence-electron chi connectivity index (χ1n) is 3.14. The van der Waals surface area contributed by atoms with Gasteiger partial charge in [0.15, 0.2) is 0 Å². The Morgan fingerprint density at radius 2 is 2.09 bits per heavy atom. The summed E-state index contributed by atoms with van der Waals surface area (Å²) in [7, 11) is 0. The summed E-state index contributed by atoms with van der Waals surface area (Å²) in [6.07, 6.45) is 0. The van der Waals surface area contributed by atoms with E-state index in [9.17, 15) is 4.21 Å². The number of hydrogen-bond donors (Lipinski definition) is 0. The van der Waals surface area contributed by atoms with Crippen molar-refractivity contribution < 1.29 is 4.21 Å². The monoisotopic (exact) mass is 186 g/mol. The molecule has 0 spiro atoms. The molecule has 1 nitrogen and oxygen atoms in total. The standard InChI is InChI=1S/C8H7ClOS/c1-6-4-2-3-5-7(6)8(9)11-10/h2-5H,1H3. The first-order chi connectivity index (χ1) is 5.25. The van der Waals surface area contributed by atoms with Crippen LogP contribution in [0.3, 0.4) is 0 Å². The van der Waals surface area contributed by atoms with E-state index in [0.717, 1.165) is 11.1 Å². The van der Waals surface area contributed by atoms with Gasteiger partial charge < -0.3 is 0 Å². The minimum atomic E-state index is 0.308. The van der Waals surface area contributed by atoms with Crippen LogP contribution in [0.2, 0.25) is 0 Å². The Morgan fingerprint density at radius 3 is 2.64 bits per heavy atom. The van der Waals surface area contributed by atoms with E-state index in [1.807, 2.05) is 31.2 Å². The topological polar surface area (TPSA) is 17.1 Å². The summed E-state index contributed by atoms with van der Waals surface area (Å²) >= 11 is 5.99. The van der Waals surface area contributed by atoms with Crippen LogP contribution in [0, 0.1) is 6.92 Å². The van der Waals surface area contributed by atoms with Crippen molar-refractivity contribution >= 4 is 27.2 Å². The van der Waals surface area contributed by atoms with Gasteiger partial charge in [0.1, 0.15) is 15.6 Å². The molecule has 0 aliphatic heterocycles. The van der Waals surface area contributed by atoms with Crippen LogP contribution < -0.4 is 0 Å². The van der Waals surface area contributed by atoms with E-state index in [-0.39, 0.29) is 0 Å². The molecule has 1 aromatic carbocycles. The third-order valence-electron chi connectivity index (χ3n) is 1.43. The predicted octanol–water partition coefficient (Wildman–Crippen LogP) is 1.92. The minimum absolute atomic E-state index is 0.308. The van der Waals surface area contributed by atoms with Crippen molar-refractivity contribution in [2.24, 2.45) is 0 Å². The highest BCUT2D eigenvalue weighted by Crippen LogP contribution is 2.09. The predicted molar refractivity (Wildman–Crippen MR) is 49.3 cm³/mol. The van der Waals surface area contributed by atoms with Gasteiger partial charge in [0, 0.05) is 5.56 Å². The number of benzene rings is 1. The number of halogens is 1. The van der Waals surface area contributed by atoms with E-state index in [2.05, 4.69) is 0 Å². The van der Waals surface area contributed by atoms with Crippen LogP contribution in [-0.4, -0.2) is 8.53 Å². The quantitative estimate of drug-likeness (QED) is 0.484. The fourth-order valence-corrected chi connectivity index (χ4v) is 1.37. The molecule has 0 bridgehead atoms. The molecule has 0 saturated heterocycles. The van der Waals surface area contributed by atoms with Crippen molar-refractivity contribution in [2.75, 3.05) is 0 Å². The van der Waals surface area contributed by atoms with Crippen molar-refractivity contribution in [3.63, 3.8) is 0 Å².